The van der Waals surface area contributed by atoms with Crippen molar-refractivity contribution in [2.75, 3.05) is 33.0 Å². The second-order valence-corrected chi connectivity index (χ2v) is 48.7. The van der Waals surface area contributed by atoms with E-state index in [1.807, 2.05) is 60.7 Å². The van der Waals surface area contributed by atoms with Crippen LogP contribution in [0.5, 0.6) is 0 Å². The van der Waals surface area contributed by atoms with Gasteiger partial charge in [0.2, 0.25) is 0 Å². The van der Waals surface area contributed by atoms with E-state index < -0.39 is 45.4 Å². The molecule has 674 valence electrons. The number of carbonyl (C=O) groups excluding carboxylic acids is 2. The van der Waals surface area contributed by atoms with Crippen molar-refractivity contribution in [2.45, 2.75) is 347 Å². The topological polar surface area (TPSA) is 216 Å². The molecule has 7 N–H and O–H groups in total. The first-order valence-corrected chi connectivity index (χ1v) is 49.2. The van der Waals surface area contributed by atoms with E-state index in [2.05, 4.69) is 131 Å². The summed E-state index contributed by atoms with van der Waals surface area (Å²) in [5.41, 5.74) is 3.53. The average molecular weight is 1670 g/mol. The lowest BCUT2D eigenvalue weighted by atomic mass is 9.32. The molecule has 18 rings (SSSR count). The number of hydrogen-bond acceptors (Lipinski definition) is 13. The zero-order valence-corrected chi connectivity index (χ0v) is 78.1. The molecule has 34 atom stereocenters. The predicted octanol–water partition coefficient (Wildman–Crippen LogP) is 22.1. The van der Waals surface area contributed by atoms with Crippen LogP contribution in [0.4, 0.5) is 0 Å². The smallest absolute Gasteiger partial charge is 0.312 e. The molecule has 13 nitrogen and oxygen atoms in total. The van der Waals surface area contributed by atoms with Gasteiger partial charge in [-0.2, -0.15) is 0 Å². The van der Waals surface area contributed by atoms with Crippen LogP contribution in [0.25, 0.3) is 0 Å². The van der Waals surface area contributed by atoms with E-state index in [1.165, 1.54) is 36.8 Å². The number of fused-ring (bicyclic) bond motifs is 21. The van der Waals surface area contributed by atoms with Crippen LogP contribution in [0.15, 0.2) is 97.3 Å². The second kappa shape index (κ2) is 31.5. The molecular formula is C108H164O13. The third-order valence-electron chi connectivity index (χ3n) is 44.6. The quantitative estimate of drug-likeness (QED) is 0.0361. The van der Waals surface area contributed by atoms with Crippen LogP contribution in [0, 0.1) is 170 Å². The largest absolute Gasteiger partial charge is 0.512 e. The van der Waals surface area contributed by atoms with Gasteiger partial charge in [-0.3, -0.25) is 9.59 Å². The Morgan fingerprint density at radius 1 is 0.405 bits per heavy atom. The van der Waals surface area contributed by atoms with Crippen molar-refractivity contribution in [2.24, 2.45) is 170 Å². The minimum Gasteiger partial charge on any atom is -0.512 e. The Balaban J connectivity index is 0.000000135. The van der Waals surface area contributed by atoms with Gasteiger partial charge in [0.1, 0.15) is 13.2 Å². The highest BCUT2D eigenvalue weighted by molar-refractivity contribution is 5.79. The van der Waals surface area contributed by atoms with Crippen LogP contribution in [0.1, 0.15) is 315 Å². The van der Waals surface area contributed by atoms with Gasteiger partial charge >= 0.3 is 11.9 Å². The highest BCUT2D eigenvalue weighted by Crippen LogP contribution is 2.83. The van der Waals surface area contributed by atoms with Crippen LogP contribution in [-0.2, 0) is 41.8 Å². The van der Waals surface area contributed by atoms with E-state index in [4.69, 9.17) is 18.9 Å². The van der Waals surface area contributed by atoms with Crippen molar-refractivity contribution in [3.05, 3.63) is 108 Å². The first kappa shape index (κ1) is 90.4. The Morgan fingerprint density at radius 2 is 0.752 bits per heavy atom. The number of ether oxygens (including phenoxy) is 4. The van der Waals surface area contributed by atoms with Gasteiger partial charge < -0.3 is 54.7 Å². The SMILES string of the molecule is C=C(C)[C@@H]1CC[C@]2(C(=O)OCc3ccccc3)CC[C@]3(C)C(CCC4[C@@]5(C)CC[C@H](O)[C@@](C)(CO)[C@@H]5CC[C@]43C)C12.C=C(COC(C)C)[C@@H]1CC[C@]2(C(=C)O)CC[C@]3(C)C(CC[C@@H]4[C@@]5(C)CC[C@H](O)[C@@](C)(CO)[C@@H]5CC[C@]43C)[C@@H]12.CC1([C@@H]2CC[C@]3(C(=O)OCc4ccccc4)CC[C@]4(C)C(CCC5[C@@]6(C)CC[C@H](O)[C@@](C)(CO)[C@@H]6CC[C@]54C)C23)CO1. The highest BCUT2D eigenvalue weighted by Gasteiger charge is 2.78. The lowest BCUT2D eigenvalue weighted by Gasteiger charge is -2.73. The summed E-state index contributed by atoms with van der Waals surface area (Å²) in [5, 5.41) is 75.9. The summed E-state index contributed by atoms with van der Waals surface area (Å²) in [6.07, 6.45) is 30.3. The maximum absolute atomic E-state index is 14.3. The number of aliphatic hydroxyl groups is 7. The van der Waals surface area contributed by atoms with Gasteiger partial charge in [-0.1, -0.05) is 169 Å². The Hall–Kier alpha value is -3.92. The number of carbonyl (C=O) groups is 2. The van der Waals surface area contributed by atoms with Crippen LogP contribution in [-0.4, -0.2) is 111 Å². The Bertz CT molecular complexity index is 4170. The third kappa shape index (κ3) is 13.1. The molecule has 15 saturated carbocycles. The number of allylic oxidation sites excluding steroid dienone is 2. The lowest BCUT2D eigenvalue weighted by Crippen LogP contribution is -2.68. The monoisotopic (exact) mass is 1670 g/mol. The van der Waals surface area contributed by atoms with Crippen molar-refractivity contribution in [3.8, 4) is 0 Å². The fourth-order valence-corrected chi connectivity index (χ4v) is 37.2. The number of benzene rings is 2. The number of hydrogen-bond donors (Lipinski definition) is 7. The number of aliphatic hydroxyl groups excluding tert-OH is 7. The summed E-state index contributed by atoms with van der Waals surface area (Å²) in [7, 11) is 0. The third-order valence-corrected chi connectivity index (χ3v) is 44.6. The maximum atomic E-state index is 14.3. The van der Waals surface area contributed by atoms with E-state index >= 15 is 0 Å². The molecule has 16 fully saturated rings. The number of rotatable bonds is 16. The van der Waals surface area contributed by atoms with Gasteiger partial charge in [0, 0.05) is 21.7 Å². The number of epoxide rings is 1. The zero-order chi connectivity index (χ0) is 87.1. The molecule has 0 bridgehead atoms. The molecule has 2 aromatic carbocycles. The average Bonchev–Trinajstić information content (AvgIpc) is 1.65. The summed E-state index contributed by atoms with van der Waals surface area (Å²) in [5.74, 6) is 6.82. The molecule has 1 heterocycles. The molecule has 0 radical (unpaired) electrons. The van der Waals surface area contributed by atoms with E-state index in [1.54, 1.807) is 0 Å². The Kier molecular flexibility index (Phi) is 23.5. The summed E-state index contributed by atoms with van der Waals surface area (Å²) in [6.45, 7) is 53.7. The standard InChI is InChI=1S/C37H54O5.C37H54O4.C34H56O4/c1-32-16-15-29(39)33(2,22-38)27(32)14-17-35(4)28(32)12-11-25-30-26(36(5)23-42-36)13-18-37(30,20-19-34(25,35)3)31(40)41-21-24-9-7-6-8-10-24;1-24(2)26-14-19-37(32(40)41-22-25-10-8-7-9-11-25)21-20-35(5)27(31(26)37)12-13-29-33(3)17-16-30(39)34(4,23-38)28(33)15-18-36(29,35)6;1-21(2)38-19-22(3)24-11-16-34(23(4)36)18-17-32(7)25(29(24)34)9-10-27-30(5)14-13-28(37)31(6,20-35)26(30)12-15-33(27,32)8/h6-10,25-30,38-39H,11-23H2,1-5H3;7-11,26-31,38-39H,1,12-23H2,2-6H3;21,24-29,35-37H,3-4,9-20H2,1-2,5-8H3/t25?,26-,27-,28?,29+,30?,32+,33+,34-,35-,36?,37+;26-,27?,28+,29?,30-,31?,33-,34-,35+,36+,37-;24-,25?,26+,27+,28-,29+,30-,31-,32+,33+,34+/m100/s1. The molecule has 0 spiro atoms. The van der Waals surface area contributed by atoms with Crippen molar-refractivity contribution < 1.29 is 64.3 Å². The van der Waals surface area contributed by atoms with E-state index in [0.717, 1.165) is 185 Å². The maximum Gasteiger partial charge on any atom is 0.312 e. The predicted molar refractivity (Wildman–Crippen MR) is 478 cm³/mol. The van der Waals surface area contributed by atoms with Crippen LogP contribution in [0.2, 0.25) is 0 Å². The summed E-state index contributed by atoms with van der Waals surface area (Å²) < 4.78 is 24.6. The molecule has 8 unspecified atom stereocenters. The van der Waals surface area contributed by atoms with Gasteiger partial charge in [-0.25, -0.2) is 0 Å². The first-order valence-electron chi connectivity index (χ1n) is 49.2. The Labute approximate surface area is 730 Å². The van der Waals surface area contributed by atoms with Gasteiger partial charge in [0.15, 0.2) is 0 Å². The minimum atomic E-state index is -0.426. The summed E-state index contributed by atoms with van der Waals surface area (Å²) >= 11 is 0. The molecule has 0 aromatic heterocycles. The zero-order valence-electron chi connectivity index (χ0n) is 78.1. The summed E-state index contributed by atoms with van der Waals surface area (Å²) in [4.78, 5) is 28.4. The van der Waals surface area contributed by atoms with E-state index in [0.29, 0.717) is 114 Å². The van der Waals surface area contributed by atoms with Crippen LogP contribution >= 0.6 is 0 Å². The molecule has 121 heavy (non-hydrogen) atoms. The van der Waals surface area contributed by atoms with Crippen LogP contribution in [0.3, 0.4) is 0 Å². The minimum absolute atomic E-state index is 0.0279. The van der Waals surface area contributed by atoms with Gasteiger partial charge in [0.05, 0.1) is 79.6 Å². The molecule has 0 amide bonds. The molecule has 2 aromatic rings. The van der Waals surface area contributed by atoms with Crippen molar-refractivity contribution >= 4 is 11.9 Å². The van der Waals surface area contributed by atoms with Gasteiger partial charge in [-0.05, 0) is 375 Å². The van der Waals surface area contributed by atoms with E-state index in [9.17, 15) is 45.3 Å². The van der Waals surface area contributed by atoms with Crippen molar-refractivity contribution in [1.82, 2.24) is 0 Å². The van der Waals surface area contributed by atoms with Gasteiger partial charge in [-0.15, -0.1) is 0 Å². The molecule has 15 aliphatic carbocycles. The van der Waals surface area contributed by atoms with E-state index in [-0.39, 0.29) is 97.6 Å². The fourth-order valence-electron chi connectivity index (χ4n) is 37.2. The lowest BCUT2D eigenvalue weighted by molar-refractivity contribution is -0.256. The normalized spacial score (nSPS) is 51.2. The van der Waals surface area contributed by atoms with Crippen molar-refractivity contribution in [1.29, 1.82) is 0 Å². The fraction of sp³-hybridized carbons (Fsp3) is 0.815. The first-order chi connectivity index (χ1) is 57.0. The molecule has 16 aliphatic rings. The molecule has 1 saturated heterocycles. The molecule has 1 aliphatic heterocycles. The van der Waals surface area contributed by atoms with Crippen molar-refractivity contribution in [3.63, 3.8) is 0 Å². The molecule has 13 heteroatoms. The summed E-state index contributed by atoms with van der Waals surface area (Å²) in [6, 6.07) is 20.2. The second-order valence-electron chi connectivity index (χ2n) is 48.7. The molecular weight excluding hydrogens is 1510 g/mol. The highest BCUT2D eigenvalue weighted by atomic mass is 16.6. The Morgan fingerprint density at radius 3 is 1.12 bits per heavy atom. The number of esters is 2. The van der Waals surface area contributed by atoms with Crippen LogP contribution < -0.4 is 0 Å². The van der Waals surface area contributed by atoms with Gasteiger partial charge in [0.25, 0.3) is 0 Å².